The highest BCUT2D eigenvalue weighted by atomic mass is 16.3. The fourth-order valence-electron chi connectivity index (χ4n) is 1.52. The van der Waals surface area contributed by atoms with E-state index in [4.69, 9.17) is 4.42 Å². The second kappa shape index (κ2) is 5.91. The van der Waals surface area contributed by atoms with Crippen LogP contribution in [0.4, 0.5) is 11.4 Å². The number of benzene rings is 1. The molecule has 94 valence electrons. The first-order valence-electron chi connectivity index (χ1n) is 5.93. The molecule has 18 heavy (non-hydrogen) atoms. The van der Waals surface area contributed by atoms with Crippen LogP contribution in [0, 0.1) is 0 Å². The van der Waals surface area contributed by atoms with Gasteiger partial charge in [-0.15, -0.1) is 0 Å². The number of furan rings is 1. The first-order valence-corrected chi connectivity index (χ1v) is 5.93. The number of rotatable bonds is 5. The molecule has 0 aliphatic rings. The van der Waals surface area contributed by atoms with Gasteiger partial charge in [0.15, 0.2) is 0 Å². The quantitative estimate of drug-likeness (QED) is 0.849. The first kappa shape index (κ1) is 12.2. The molecule has 4 nitrogen and oxygen atoms in total. The number of carbonyl (C=O) groups is 1. The molecule has 0 fully saturated rings. The Morgan fingerprint density at radius 2 is 1.89 bits per heavy atom. The van der Waals surface area contributed by atoms with E-state index >= 15 is 0 Å². The lowest BCUT2D eigenvalue weighted by atomic mass is 10.2. The van der Waals surface area contributed by atoms with Crippen molar-refractivity contribution >= 4 is 17.3 Å². The number of anilines is 2. The Kier molecular flexibility index (Phi) is 4.02. The van der Waals surface area contributed by atoms with E-state index in [1.165, 1.54) is 0 Å². The Labute approximate surface area is 106 Å². The van der Waals surface area contributed by atoms with Crippen molar-refractivity contribution in [2.24, 2.45) is 0 Å². The molecule has 0 aliphatic heterocycles. The molecule has 0 atom stereocenters. The van der Waals surface area contributed by atoms with Gasteiger partial charge in [0.2, 0.25) is 5.91 Å². The molecule has 0 aliphatic carbocycles. The second-order valence-corrected chi connectivity index (χ2v) is 3.96. The van der Waals surface area contributed by atoms with Gasteiger partial charge < -0.3 is 15.1 Å². The summed E-state index contributed by atoms with van der Waals surface area (Å²) in [6, 6.07) is 9.55. The summed E-state index contributed by atoms with van der Waals surface area (Å²) >= 11 is 0. The lowest BCUT2D eigenvalue weighted by molar-refractivity contribution is -0.115. The van der Waals surface area contributed by atoms with E-state index in [2.05, 4.69) is 10.6 Å². The van der Waals surface area contributed by atoms with Crippen LogP contribution in [-0.4, -0.2) is 5.91 Å². The van der Waals surface area contributed by atoms with Crippen LogP contribution in [0.25, 0.3) is 0 Å². The van der Waals surface area contributed by atoms with Gasteiger partial charge in [-0.05, 0) is 30.3 Å². The highest BCUT2D eigenvalue weighted by Gasteiger charge is 1.99. The highest BCUT2D eigenvalue weighted by Crippen LogP contribution is 2.14. The molecule has 4 heteroatoms. The van der Waals surface area contributed by atoms with Crippen LogP contribution in [0.2, 0.25) is 0 Å². The van der Waals surface area contributed by atoms with Gasteiger partial charge in [0.05, 0.1) is 12.5 Å². The third-order valence-corrected chi connectivity index (χ3v) is 2.57. The smallest absolute Gasteiger partial charge is 0.224 e. The minimum atomic E-state index is 0.0223. The standard InChI is InChI=1S/C14H16N2O2/c1-2-14(17)16-13-5-3-12(4-6-13)15-9-11-7-8-18-10-11/h3-8,10,15H,2,9H2,1H3,(H,16,17). The van der Waals surface area contributed by atoms with Gasteiger partial charge in [-0.25, -0.2) is 0 Å². The molecule has 1 amide bonds. The summed E-state index contributed by atoms with van der Waals surface area (Å²) in [4.78, 5) is 11.2. The van der Waals surface area contributed by atoms with E-state index < -0.39 is 0 Å². The number of hydrogen-bond acceptors (Lipinski definition) is 3. The zero-order valence-corrected chi connectivity index (χ0v) is 10.3. The Morgan fingerprint density at radius 1 is 1.17 bits per heavy atom. The minimum absolute atomic E-state index is 0.0223. The summed E-state index contributed by atoms with van der Waals surface area (Å²) in [5.74, 6) is 0.0223. The Bertz CT molecular complexity index is 489. The van der Waals surface area contributed by atoms with Gasteiger partial charge in [-0.3, -0.25) is 4.79 Å². The van der Waals surface area contributed by atoms with Gasteiger partial charge in [0.25, 0.3) is 0 Å². The van der Waals surface area contributed by atoms with Crippen molar-refractivity contribution in [2.75, 3.05) is 10.6 Å². The van der Waals surface area contributed by atoms with Crippen LogP contribution in [0.15, 0.2) is 47.3 Å². The van der Waals surface area contributed by atoms with Crippen LogP contribution in [0.5, 0.6) is 0 Å². The van der Waals surface area contributed by atoms with Crippen LogP contribution >= 0.6 is 0 Å². The van der Waals surface area contributed by atoms with Crippen LogP contribution in [0.1, 0.15) is 18.9 Å². The zero-order valence-electron chi connectivity index (χ0n) is 10.3. The SMILES string of the molecule is CCC(=O)Nc1ccc(NCc2ccoc2)cc1. The number of nitrogens with one attached hydrogen (secondary N) is 2. The summed E-state index contributed by atoms with van der Waals surface area (Å²) in [5.41, 5.74) is 2.92. The summed E-state index contributed by atoms with van der Waals surface area (Å²) < 4.78 is 4.99. The van der Waals surface area contributed by atoms with Gasteiger partial charge in [-0.2, -0.15) is 0 Å². The average Bonchev–Trinajstić information content (AvgIpc) is 2.91. The molecule has 0 unspecified atom stereocenters. The van der Waals surface area contributed by atoms with Crippen LogP contribution < -0.4 is 10.6 Å². The average molecular weight is 244 g/mol. The fourth-order valence-corrected chi connectivity index (χ4v) is 1.52. The van der Waals surface area contributed by atoms with E-state index in [1.54, 1.807) is 12.5 Å². The highest BCUT2D eigenvalue weighted by molar-refractivity contribution is 5.90. The predicted molar refractivity (Wildman–Crippen MR) is 71.4 cm³/mol. The maximum absolute atomic E-state index is 11.2. The third-order valence-electron chi connectivity index (χ3n) is 2.57. The van der Waals surface area contributed by atoms with Gasteiger partial charge >= 0.3 is 0 Å². The lowest BCUT2D eigenvalue weighted by Gasteiger charge is -2.07. The van der Waals surface area contributed by atoms with E-state index in [0.29, 0.717) is 6.42 Å². The van der Waals surface area contributed by atoms with E-state index in [1.807, 2.05) is 37.3 Å². The number of amides is 1. The van der Waals surface area contributed by atoms with Crippen molar-refractivity contribution in [1.82, 2.24) is 0 Å². The Balaban J connectivity index is 1.89. The molecule has 0 saturated carbocycles. The van der Waals surface area contributed by atoms with Crippen LogP contribution in [-0.2, 0) is 11.3 Å². The summed E-state index contributed by atoms with van der Waals surface area (Å²) in [6.07, 6.45) is 3.85. The fraction of sp³-hybridized carbons (Fsp3) is 0.214. The molecule has 0 saturated heterocycles. The molecular formula is C14H16N2O2. The molecule has 2 rings (SSSR count). The summed E-state index contributed by atoms with van der Waals surface area (Å²) in [5, 5.41) is 6.08. The summed E-state index contributed by atoms with van der Waals surface area (Å²) in [7, 11) is 0. The largest absolute Gasteiger partial charge is 0.472 e. The maximum Gasteiger partial charge on any atom is 0.224 e. The molecule has 1 aromatic heterocycles. The molecule has 0 bridgehead atoms. The number of hydrogen-bond donors (Lipinski definition) is 2. The molecule has 1 heterocycles. The molecular weight excluding hydrogens is 228 g/mol. The maximum atomic E-state index is 11.2. The van der Waals surface area contributed by atoms with Gasteiger partial charge in [-0.1, -0.05) is 6.92 Å². The van der Waals surface area contributed by atoms with Crippen molar-refractivity contribution in [3.8, 4) is 0 Å². The van der Waals surface area contributed by atoms with Crippen molar-refractivity contribution < 1.29 is 9.21 Å². The molecule has 2 aromatic rings. The Hall–Kier alpha value is -2.23. The molecule has 0 radical (unpaired) electrons. The van der Waals surface area contributed by atoms with Crippen molar-refractivity contribution in [3.05, 3.63) is 48.4 Å². The first-order chi connectivity index (χ1) is 8.78. The second-order valence-electron chi connectivity index (χ2n) is 3.96. The van der Waals surface area contributed by atoms with Gasteiger partial charge in [0, 0.05) is 29.9 Å². The third kappa shape index (κ3) is 3.38. The zero-order chi connectivity index (χ0) is 12.8. The van der Waals surface area contributed by atoms with E-state index in [9.17, 15) is 4.79 Å². The Morgan fingerprint density at radius 3 is 2.50 bits per heavy atom. The van der Waals surface area contributed by atoms with Gasteiger partial charge in [0.1, 0.15) is 0 Å². The van der Waals surface area contributed by atoms with Crippen LogP contribution in [0.3, 0.4) is 0 Å². The predicted octanol–water partition coefficient (Wildman–Crippen LogP) is 3.24. The van der Waals surface area contributed by atoms with Crippen molar-refractivity contribution in [3.63, 3.8) is 0 Å². The van der Waals surface area contributed by atoms with E-state index in [0.717, 1.165) is 23.5 Å². The minimum Gasteiger partial charge on any atom is -0.472 e. The molecule has 2 N–H and O–H groups in total. The molecule has 1 aromatic carbocycles. The summed E-state index contributed by atoms with van der Waals surface area (Å²) in [6.45, 7) is 2.55. The van der Waals surface area contributed by atoms with E-state index in [-0.39, 0.29) is 5.91 Å². The number of carbonyl (C=O) groups excluding carboxylic acids is 1. The molecule has 0 spiro atoms. The normalized spacial score (nSPS) is 10.1. The topological polar surface area (TPSA) is 54.3 Å². The van der Waals surface area contributed by atoms with Crippen molar-refractivity contribution in [2.45, 2.75) is 19.9 Å². The monoisotopic (exact) mass is 244 g/mol. The lowest BCUT2D eigenvalue weighted by Crippen LogP contribution is -2.09. The van der Waals surface area contributed by atoms with Crippen molar-refractivity contribution in [1.29, 1.82) is 0 Å².